The molecule has 3 unspecified atom stereocenters. The molecule has 0 aromatic heterocycles. The van der Waals surface area contributed by atoms with Crippen LogP contribution in [0.2, 0.25) is 0 Å². The number of carbonyl (C=O) groups excluding carboxylic acids is 1. The molecule has 352 valence electrons. The van der Waals surface area contributed by atoms with E-state index in [2.05, 4.69) is 55.6 Å². The van der Waals surface area contributed by atoms with Crippen molar-refractivity contribution in [1.82, 2.24) is 5.32 Å². The fourth-order valence-corrected chi connectivity index (χ4v) is 7.74. The highest BCUT2D eigenvalue weighted by atomic mass is 31.2. The van der Waals surface area contributed by atoms with Crippen LogP contribution in [0.3, 0.4) is 0 Å². The number of phosphoric ester groups is 1. The highest BCUT2D eigenvalue weighted by Crippen LogP contribution is 2.43. The third-order valence-electron chi connectivity index (χ3n) is 11.0. The molecule has 0 rings (SSSR count). The van der Waals surface area contributed by atoms with Gasteiger partial charge in [-0.2, -0.15) is 0 Å². The first kappa shape index (κ1) is 58.5. The lowest BCUT2D eigenvalue weighted by molar-refractivity contribution is -0.870. The van der Waals surface area contributed by atoms with Gasteiger partial charge < -0.3 is 19.8 Å². The van der Waals surface area contributed by atoms with Crippen molar-refractivity contribution in [3.05, 3.63) is 48.6 Å². The fourth-order valence-electron chi connectivity index (χ4n) is 7.01. The van der Waals surface area contributed by atoms with Gasteiger partial charge in [0.1, 0.15) is 13.2 Å². The van der Waals surface area contributed by atoms with Crippen molar-refractivity contribution in [2.45, 2.75) is 231 Å². The van der Waals surface area contributed by atoms with Crippen LogP contribution >= 0.6 is 7.82 Å². The number of allylic oxidation sites excluding steroid dienone is 7. The van der Waals surface area contributed by atoms with Crippen molar-refractivity contribution in [3.63, 3.8) is 0 Å². The van der Waals surface area contributed by atoms with Crippen LogP contribution in [0.15, 0.2) is 48.6 Å². The van der Waals surface area contributed by atoms with Gasteiger partial charge in [-0.25, -0.2) is 4.57 Å². The van der Waals surface area contributed by atoms with E-state index in [1.165, 1.54) is 141 Å². The summed E-state index contributed by atoms with van der Waals surface area (Å²) in [5.41, 5.74) is 0. The molecule has 3 atom stereocenters. The van der Waals surface area contributed by atoms with Gasteiger partial charge in [0.25, 0.3) is 0 Å². The quantitative estimate of drug-likeness (QED) is 0.0244. The topological polar surface area (TPSA) is 105 Å². The van der Waals surface area contributed by atoms with Crippen LogP contribution in [-0.4, -0.2) is 73.4 Å². The van der Waals surface area contributed by atoms with Crippen molar-refractivity contribution in [3.8, 4) is 0 Å². The molecule has 0 aromatic rings. The van der Waals surface area contributed by atoms with E-state index in [0.29, 0.717) is 17.4 Å². The molecule has 60 heavy (non-hydrogen) atoms. The Morgan fingerprint density at radius 1 is 0.550 bits per heavy atom. The summed E-state index contributed by atoms with van der Waals surface area (Å²) >= 11 is 0. The van der Waals surface area contributed by atoms with E-state index in [1.807, 2.05) is 27.2 Å². The van der Waals surface area contributed by atoms with Gasteiger partial charge in [0.15, 0.2) is 0 Å². The maximum atomic E-state index is 12.9. The Balaban J connectivity index is 4.44. The number of hydrogen-bond acceptors (Lipinski definition) is 5. The SMILES string of the molecule is CCCCCCCCCCC/C=C\CCCCCCCC(=O)NC(COP(=O)(O)OCC[N+](C)(C)C)C(O)/C=C/CC/C=C/CC/C=C/CCCCCCCCCCCC. The molecule has 8 nitrogen and oxygen atoms in total. The molecular weight excluding hydrogens is 768 g/mol. The van der Waals surface area contributed by atoms with Gasteiger partial charge in [0.2, 0.25) is 5.91 Å². The largest absolute Gasteiger partial charge is 0.472 e. The van der Waals surface area contributed by atoms with Gasteiger partial charge in [0.05, 0.1) is 39.9 Å². The number of likely N-dealkylation sites (N-methyl/N-ethyl adjacent to an activating group) is 1. The van der Waals surface area contributed by atoms with Gasteiger partial charge in [-0.3, -0.25) is 13.8 Å². The minimum atomic E-state index is -4.36. The predicted octanol–water partition coefficient (Wildman–Crippen LogP) is 14.4. The van der Waals surface area contributed by atoms with E-state index in [4.69, 9.17) is 9.05 Å². The zero-order valence-corrected chi connectivity index (χ0v) is 40.8. The van der Waals surface area contributed by atoms with E-state index >= 15 is 0 Å². The highest BCUT2D eigenvalue weighted by molar-refractivity contribution is 7.47. The Bertz CT molecular complexity index is 1120. The maximum absolute atomic E-state index is 12.9. The summed E-state index contributed by atoms with van der Waals surface area (Å²) in [6.07, 6.45) is 54.8. The molecule has 0 aliphatic carbocycles. The number of rotatable bonds is 45. The third-order valence-corrected chi connectivity index (χ3v) is 12.0. The first-order chi connectivity index (χ1) is 29.0. The summed E-state index contributed by atoms with van der Waals surface area (Å²) in [6, 6.07) is -0.874. The Kier molecular flexibility index (Phi) is 41.6. The van der Waals surface area contributed by atoms with Gasteiger partial charge in [-0.1, -0.05) is 191 Å². The number of aliphatic hydroxyl groups excluding tert-OH is 1. The first-order valence-electron chi connectivity index (χ1n) is 25.0. The summed E-state index contributed by atoms with van der Waals surface area (Å²) in [6.45, 7) is 4.78. The van der Waals surface area contributed by atoms with Crippen molar-refractivity contribution in [2.24, 2.45) is 0 Å². The Morgan fingerprint density at radius 2 is 0.917 bits per heavy atom. The normalized spacial score (nSPS) is 14.6. The van der Waals surface area contributed by atoms with Gasteiger partial charge in [-0.05, 0) is 70.6 Å². The fraction of sp³-hybridized carbons (Fsp3) is 0.824. The van der Waals surface area contributed by atoms with E-state index in [9.17, 15) is 19.4 Å². The Hall–Kier alpha value is -1.54. The lowest BCUT2D eigenvalue weighted by Crippen LogP contribution is -2.45. The second-order valence-electron chi connectivity index (χ2n) is 18.2. The number of phosphoric acid groups is 1. The van der Waals surface area contributed by atoms with Crippen molar-refractivity contribution in [2.75, 3.05) is 40.9 Å². The van der Waals surface area contributed by atoms with Gasteiger partial charge in [0, 0.05) is 6.42 Å². The molecule has 0 aliphatic heterocycles. The average Bonchev–Trinajstić information content (AvgIpc) is 3.20. The molecule has 0 bridgehead atoms. The average molecular weight is 866 g/mol. The van der Waals surface area contributed by atoms with E-state index < -0.39 is 20.0 Å². The Labute approximate surface area is 371 Å². The minimum absolute atomic E-state index is 0.0512. The van der Waals surface area contributed by atoms with Crippen LogP contribution in [0.1, 0.15) is 219 Å². The van der Waals surface area contributed by atoms with Gasteiger partial charge >= 0.3 is 7.82 Å². The lowest BCUT2D eigenvalue weighted by atomic mass is 10.1. The number of nitrogens with one attached hydrogen (secondary N) is 1. The molecule has 9 heteroatoms. The summed E-state index contributed by atoms with van der Waals surface area (Å²) in [4.78, 5) is 23.2. The zero-order chi connectivity index (χ0) is 44.3. The van der Waals surface area contributed by atoms with E-state index in [1.54, 1.807) is 6.08 Å². The number of quaternary nitrogens is 1. The number of hydrogen-bond donors (Lipinski definition) is 3. The molecule has 0 fully saturated rings. The Morgan fingerprint density at radius 3 is 1.33 bits per heavy atom. The zero-order valence-electron chi connectivity index (χ0n) is 39.9. The first-order valence-corrected chi connectivity index (χ1v) is 26.5. The molecule has 0 saturated carbocycles. The van der Waals surface area contributed by atoms with Crippen molar-refractivity contribution >= 4 is 13.7 Å². The van der Waals surface area contributed by atoms with Crippen LogP contribution in [0.25, 0.3) is 0 Å². The van der Waals surface area contributed by atoms with Crippen LogP contribution in [0.4, 0.5) is 0 Å². The van der Waals surface area contributed by atoms with Crippen molar-refractivity contribution in [1.29, 1.82) is 0 Å². The van der Waals surface area contributed by atoms with Gasteiger partial charge in [-0.15, -0.1) is 0 Å². The molecule has 0 radical (unpaired) electrons. The minimum Gasteiger partial charge on any atom is -0.387 e. The molecular formula is C51H98N2O6P+. The number of amides is 1. The van der Waals surface area contributed by atoms with Crippen LogP contribution in [-0.2, 0) is 18.4 Å². The molecule has 0 heterocycles. The number of unbranched alkanes of at least 4 members (excludes halogenated alkanes) is 26. The van der Waals surface area contributed by atoms with Crippen LogP contribution in [0, 0.1) is 0 Å². The molecule has 0 spiro atoms. The molecule has 0 aromatic carbocycles. The molecule has 0 saturated heterocycles. The third kappa shape index (κ3) is 44.5. The summed E-state index contributed by atoms with van der Waals surface area (Å²) < 4.78 is 23.6. The number of carbonyl (C=O) groups is 1. The monoisotopic (exact) mass is 866 g/mol. The summed E-state index contributed by atoms with van der Waals surface area (Å²) in [5.74, 6) is -0.199. The standard InChI is InChI=1S/C51H97N2O6P/c1-6-8-10-12-14-16-18-20-22-24-26-27-28-30-32-34-36-38-40-42-44-50(54)49(48-59-60(56,57)58-47-46-53(3,4)5)52-51(55)45-43-41-39-37-35-33-31-29-25-23-21-19-17-15-13-11-9-7-2/h27-29,31,34,36,42,44,49-50,54H,6-26,30,32-33,35,37-41,43,45-48H2,1-5H3,(H-,52,55,56,57)/p+1/b28-27+,31-29-,36-34+,44-42+. The lowest BCUT2D eigenvalue weighted by Gasteiger charge is -2.25. The highest BCUT2D eigenvalue weighted by Gasteiger charge is 2.27. The summed E-state index contributed by atoms with van der Waals surface area (Å²) in [7, 11) is 1.54. The predicted molar refractivity (Wildman–Crippen MR) is 258 cm³/mol. The van der Waals surface area contributed by atoms with E-state index in [0.717, 1.165) is 57.8 Å². The smallest absolute Gasteiger partial charge is 0.387 e. The number of nitrogens with zero attached hydrogens (tertiary/aromatic N) is 1. The van der Waals surface area contributed by atoms with Crippen molar-refractivity contribution < 1.29 is 32.9 Å². The second-order valence-corrected chi connectivity index (χ2v) is 19.6. The number of aliphatic hydroxyl groups is 1. The maximum Gasteiger partial charge on any atom is 0.472 e. The molecule has 3 N–H and O–H groups in total. The van der Waals surface area contributed by atoms with E-state index in [-0.39, 0.29) is 19.1 Å². The summed E-state index contributed by atoms with van der Waals surface area (Å²) in [5, 5.41) is 13.8. The molecule has 0 aliphatic rings. The van der Waals surface area contributed by atoms with Crippen LogP contribution < -0.4 is 5.32 Å². The second kappa shape index (κ2) is 42.7. The molecule has 1 amide bonds. The van der Waals surface area contributed by atoms with Crippen LogP contribution in [0.5, 0.6) is 0 Å².